The molecule has 1 aliphatic heterocycles. The quantitative estimate of drug-likeness (QED) is 0.808. The number of imidazole rings is 1. The van der Waals surface area contributed by atoms with Crippen molar-refractivity contribution in [2.75, 3.05) is 11.5 Å². The fourth-order valence-electron chi connectivity index (χ4n) is 2.68. The van der Waals surface area contributed by atoms with E-state index in [2.05, 4.69) is 4.98 Å². The molecule has 0 spiro atoms. The SMILES string of the molecule is O=c1[nH]c2cc(O)ccc2n1C1CCCS(=O)(=O)C1. The number of benzene rings is 1. The van der Waals surface area contributed by atoms with Crippen molar-refractivity contribution in [3.8, 4) is 5.75 Å². The molecule has 1 fully saturated rings. The Morgan fingerprint density at radius 3 is 2.89 bits per heavy atom. The molecular formula is C12H14N2O4S. The van der Waals surface area contributed by atoms with Gasteiger partial charge in [-0.2, -0.15) is 0 Å². The molecule has 2 heterocycles. The lowest BCUT2D eigenvalue weighted by atomic mass is 10.2. The summed E-state index contributed by atoms with van der Waals surface area (Å²) in [6, 6.07) is 4.25. The first-order valence-corrected chi connectivity index (χ1v) is 7.92. The van der Waals surface area contributed by atoms with Gasteiger partial charge in [-0.25, -0.2) is 13.2 Å². The topological polar surface area (TPSA) is 92.2 Å². The van der Waals surface area contributed by atoms with Gasteiger partial charge in [0, 0.05) is 6.07 Å². The largest absolute Gasteiger partial charge is 0.508 e. The fourth-order valence-corrected chi connectivity index (χ4v) is 4.36. The molecule has 0 aliphatic carbocycles. The highest BCUT2D eigenvalue weighted by Crippen LogP contribution is 2.26. The number of aromatic hydroxyl groups is 1. The smallest absolute Gasteiger partial charge is 0.326 e. The van der Waals surface area contributed by atoms with Crippen LogP contribution in [0.5, 0.6) is 5.75 Å². The molecule has 7 heteroatoms. The summed E-state index contributed by atoms with van der Waals surface area (Å²) >= 11 is 0. The molecule has 0 saturated carbocycles. The van der Waals surface area contributed by atoms with E-state index in [9.17, 15) is 18.3 Å². The lowest BCUT2D eigenvalue weighted by molar-refractivity contribution is 0.469. The molecule has 0 radical (unpaired) electrons. The normalized spacial score (nSPS) is 22.6. The van der Waals surface area contributed by atoms with Crippen LogP contribution < -0.4 is 5.69 Å². The molecule has 3 rings (SSSR count). The van der Waals surface area contributed by atoms with Crippen molar-refractivity contribution in [3.63, 3.8) is 0 Å². The average Bonchev–Trinajstić information content (AvgIpc) is 2.62. The van der Waals surface area contributed by atoms with Gasteiger partial charge in [-0.05, 0) is 25.0 Å². The molecule has 1 atom stereocenters. The predicted molar refractivity (Wildman–Crippen MR) is 71.1 cm³/mol. The molecule has 102 valence electrons. The van der Waals surface area contributed by atoms with Crippen molar-refractivity contribution in [1.29, 1.82) is 0 Å². The van der Waals surface area contributed by atoms with Gasteiger partial charge in [0.05, 0.1) is 28.6 Å². The first kappa shape index (κ1) is 12.3. The van der Waals surface area contributed by atoms with E-state index in [-0.39, 0.29) is 29.0 Å². The van der Waals surface area contributed by atoms with Gasteiger partial charge in [0.15, 0.2) is 9.84 Å². The number of rotatable bonds is 1. The van der Waals surface area contributed by atoms with Gasteiger partial charge in [-0.3, -0.25) is 4.57 Å². The van der Waals surface area contributed by atoms with E-state index in [1.54, 1.807) is 6.07 Å². The number of nitrogens with zero attached hydrogens (tertiary/aromatic N) is 1. The Hall–Kier alpha value is -1.76. The molecule has 0 amide bonds. The zero-order valence-electron chi connectivity index (χ0n) is 10.2. The summed E-state index contributed by atoms with van der Waals surface area (Å²) in [5, 5.41) is 9.40. The number of nitrogens with one attached hydrogen (secondary N) is 1. The molecule has 1 unspecified atom stereocenters. The van der Waals surface area contributed by atoms with Gasteiger partial charge in [0.1, 0.15) is 5.75 Å². The van der Waals surface area contributed by atoms with E-state index < -0.39 is 9.84 Å². The van der Waals surface area contributed by atoms with Crippen LogP contribution >= 0.6 is 0 Å². The summed E-state index contributed by atoms with van der Waals surface area (Å²) in [7, 11) is -3.07. The zero-order chi connectivity index (χ0) is 13.6. The average molecular weight is 282 g/mol. The van der Waals surface area contributed by atoms with Crippen LogP contribution in [0.3, 0.4) is 0 Å². The number of hydrogen-bond acceptors (Lipinski definition) is 4. The number of H-pyrrole nitrogens is 1. The Labute approximate surface area is 109 Å². The van der Waals surface area contributed by atoms with Gasteiger partial charge in [-0.15, -0.1) is 0 Å². The van der Waals surface area contributed by atoms with Crippen LogP contribution in [0.4, 0.5) is 0 Å². The Bertz CT molecular complexity index is 788. The maximum absolute atomic E-state index is 12.0. The Morgan fingerprint density at radius 2 is 2.16 bits per heavy atom. The van der Waals surface area contributed by atoms with Crippen molar-refractivity contribution in [1.82, 2.24) is 9.55 Å². The van der Waals surface area contributed by atoms with Crippen LogP contribution in [0.1, 0.15) is 18.9 Å². The lowest BCUT2D eigenvalue weighted by Crippen LogP contribution is -2.32. The molecule has 2 N–H and O–H groups in total. The van der Waals surface area contributed by atoms with Crippen LogP contribution in [-0.2, 0) is 9.84 Å². The highest BCUT2D eigenvalue weighted by Gasteiger charge is 2.28. The summed E-state index contributed by atoms with van der Waals surface area (Å²) in [4.78, 5) is 14.6. The number of aromatic nitrogens is 2. The van der Waals surface area contributed by atoms with Crippen molar-refractivity contribution in [2.24, 2.45) is 0 Å². The first-order valence-electron chi connectivity index (χ1n) is 6.10. The minimum atomic E-state index is -3.07. The second-order valence-electron chi connectivity index (χ2n) is 4.91. The third-order valence-electron chi connectivity index (χ3n) is 3.50. The maximum Gasteiger partial charge on any atom is 0.326 e. The summed E-state index contributed by atoms with van der Waals surface area (Å²) in [6.45, 7) is 0. The Morgan fingerprint density at radius 1 is 1.37 bits per heavy atom. The second-order valence-corrected chi connectivity index (χ2v) is 7.14. The van der Waals surface area contributed by atoms with E-state index in [4.69, 9.17) is 0 Å². The van der Waals surface area contributed by atoms with E-state index >= 15 is 0 Å². The van der Waals surface area contributed by atoms with Crippen molar-refractivity contribution < 1.29 is 13.5 Å². The van der Waals surface area contributed by atoms with Gasteiger partial charge in [0.25, 0.3) is 0 Å². The summed E-state index contributed by atoms with van der Waals surface area (Å²) in [5.74, 6) is 0.263. The monoisotopic (exact) mass is 282 g/mol. The van der Waals surface area contributed by atoms with Crippen LogP contribution in [0, 0.1) is 0 Å². The molecule has 1 aromatic carbocycles. The predicted octanol–water partition coefficient (Wildman–Crippen LogP) is 0.785. The van der Waals surface area contributed by atoms with Crippen LogP contribution in [-0.4, -0.2) is 34.6 Å². The number of hydrogen-bond donors (Lipinski definition) is 2. The highest BCUT2D eigenvalue weighted by molar-refractivity contribution is 7.91. The fraction of sp³-hybridized carbons (Fsp3) is 0.417. The van der Waals surface area contributed by atoms with Crippen molar-refractivity contribution in [3.05, 3.63) is 28.7 Å². The van der Waals surface area contributed by atoms with Crippen LogP contribution in [0.25, 0.3) is 11.0 Å². The van der Waals surface area contributed by atoms with E-state index in [0.717, 1.165) is 0 Å². The van der Waals surface area contributed by atoms with Crippen LogP contribution in [0.15, 0.2) is 23.0 Å². The van der Waals surface area contributed by atoms with Gasteiger partial charge in [-0.1, -0.05) is 0 Å². The number of aromatic amines is 1. The Balaban J connectivity index is 2.15. The van der Waals surface area contributed by atoms with E-state index in [1.807, 2.05) is 0 Å². The van der Waals surface area contributed by atoms with Gasteiger partial charge in [0.2, 0.25) is 0 Å². The molecule has 2 aromatic rings. The van der Waals surface area contributed by atoms with Gasteiger partial charge < -0.3 is 10.1 Å². The molecule has 19 heavy (non-hydrogen) atoms. The number of phenolic OH excluding ortho intramolecular Hbond substituents is 1. The molecule has 6 nitrogen and oxygen atoms in total. The highest BCUT2D eigenvalue weighted by atomic mass is 32.2. The summed E-state index contributed by atoms with van der Waals surface area (Å²) in [5.41, 5.74) is 0.820. The van der Waals surface area contributed by atoms with Crippen molar-refractivity contribution >= 4 is 20.9 Å². The Kier molecular flexibility index (Phi) is 2.67. The lowest BCUT2D eigenvalue weighted by Gasteiger charge is -2.23. The minimum absolute atomic E-state index is 0.000731. The summed E-state index contributed by atoms with van der Waals surface area (Å²) in [6.07, 6.45) is 1.25. The molecule has 1 saturated heterocycles. The molecule has 1 aromatic heterocycles. The first-order chi connectivity index (χ1) is 8.96. The van der Waals surface area contributed by atoms with Gasteiger partial charge >= 0.3 is 5.69 Å². The van der Waals surface area contributed by atoms with Crippen LogP contribution in [0.2, 0.25) is 0 Å². The second kappa shape index (κ2) is 4.12. The standard InChI is InChI=1S/C12H14N2O4S/c15-9-3-4-11-10(6-9)13-12(16)14(11)8-2-1-5-19(17,18)7-8/h3-4,6,8,15H,1-2,5,7H2,(H,13,16). The van der Waals surface area contributed by atoms with Crippen molar-refractivity contribution in [2.45, 2.75) is 18.9 Å². The third-order valence-corrected chi connectivity index (χ3v) is 5.31. The summed E-state index contributed by atoms with van der Waals surface area (Å²) < 4.78 is 24.9. The maximum atomic E-state index is 12.0. The van der Waals surface area contributed by atoms with E-state index in [0.29, 0.717) is 23.9 Å². The molecule has 0 bridgehead atoms. The zero-order valence-corrected chi connectivity index (χ0v) is 11.0. The minimum Gasteiger partial charge on any atom is -0.508 e. The third kappa shape index (κ3) is 2.14. The van der Waals surface area contributed by atoms with E-state index in [1.165, 1.54) is 16.7 Å². The number of sulfone groups is 1. The number of fused-ring (bicyclic) bond motifs is 1. The molecular weight excluding hydrogens is 268 g/mol. The number of phenols is 1. The molecule has 1 aliphatic rings.